The second-order valence-corrected chi connectivity index (χ2v) is 7.76. The Hall–Kier alpha value is -1.42. The van der Waals surface area contributed by atoms with Gasteiger partial charge >= 0.3 is 0 Å². The maximum atomic E-state index is 6.28. The van der Waals surface area contributed by atoms with Crippen LogP contribution in [0.3, 0.4) is 0 Å². The smallest absolute Gasteiger partial charge is 0.193 e. The van der Waals surface area contributed by atoms with Crippen LogP contribution >= 0.6 is 47.2 Å². The number of halogens is 3. The molecular weight excluding hydrogens is 540 g/mol. The minimum absolute atomic E-state index is 0. The van der Waals surface area contributed by atoms with E-state index in [1.807, 2.05) is 24.3 Å². The van der Waals surface area contributed by atoms with E-state index < -0.39 is 0 Å². The van der Waals surface area contributed by atoms with Crippen molar-refractivity contribution < 1.29 is 14.2 Å². The molecule has 2 aromatic carbocycles. The average molecular weight is 566 g/mol. The molecule has 0 spiro atoms. The molecule has 6 nitrogen and oxygen atoms in total. The summed E-state index contributed by atoms with van der Waals surface area (Å²) >= 11 is 12.5. The van der Waals surface area contributed by atoms with E-state index in [1.165, 1.54) is 0 Å². The zero-order valence-electron chi connectivity index (χ0n) is 16.9. The second-order valence-electron chi connectivity index (χ2n) is 6.91. The molecule has 3 rings (SSSR count). The van der Waals surface area contributed by atoms with Crippen LogP contribution in [0.15, 0.2) is 41.4 Å². The van der Waals surface area contributed by atoms with Gasteiger partial charge in [-0.25, -0.2) is 0 Å². The number of rotatable bonds is 6. The molecular formula is C21H26Cl2IN3O3. The first-order valence-electron chi connectivity index (χ1n) is 9.30. The molecule has 2 aromatic rings. The molecule has 0 unspecified atom stereocenters. The molecule has 0 atom stereocenters. The van der Waals surface area contributed by atoms with E-state index >= 15 is 0 Å². The van der Waals surface area contributed by atoms with Gasteiger partial charge in [-0.05, 0) is 49.2 Å². The summed E-state index contributed by atoms with van der Waals surface area (Å²) in [6.07, 6.45) is 1.60. The van der Waals surface area contributed by atoms with Crippen LogP contribution in [0.1, 0.15) is 18.4 Å². The Morgan fingerprint density at radius 2 is 1.77 bits per heavy atom. The Labute approximate surface area is 204 Å². The first kappa shape index (κ1) is 24.8. The van der Waals surface area contributed by atoms with E-state index in [0.29, 0.717) is 41.5 Å². The molecule has 1 fully saturated rings. The van der Waals surface area contributed by atoms with Gasteiger partial charge in [0.25, 0.3) is 0 Å². The van der Waals surface area contributed by atoms with Gasteiger partial charge in [-0.15, -0.1) is 24.0 Å². The summed E-state index contributed by atoms with van der Waals surface area (Å²) in [6, 6.07) is 11.0. The number of benzene rings is 2. The molecule has 3 N–H and O–H groups in total. The van der Waals surface area contributed by atoms with Crippen molar-refractivity contribution in [3.63, 3.8) is 0 Å². The quantitative estimate of drug-likeness (QED) is 0.289. The lowest BCUT2D eigenvalue weighted by Gasteiger charge is -2.37. The van der Waals surface area contributed by atoms with Crippen molar-refractivity contribution in [3.8, 4) is 11.5 Å². The highest BCUT2D eigenvalue weighted by molar-refractivity contribution is 14.0. The Kier molecular flexibility index (Phi) is 9.33. The van der Waals surface area contributed by atoms with E-state index in [9.17, 15) is 0 Å². The summed E-state index contributed by atoms with van der Waals surface area (Å²) in [5.74, 6) is 1.69. The number of hydrogen-bond donors (Lipinski definition) is 2. The van der Waals surface area contributed by atoms with Crippen LogP contribution in [0.25, 0.3) is 0 Å². The predicted octanol–water partition coefficient (Wildman–Crippen LogP) is 5.10. The molecule has 9 heteroatoms. The largest absolute Gasteiger partial charge is 0.496 e. The minimum Gasteiger partial charge on any atom is -0.496 e. The molecule has 1 saturated heterocycles. The number of anilines is 1. The van der Waals surface area contributed by atoms with Gasteiger partial charge in [-0.3, -0.25) is 4.99 Å². The standard InChI is InChI=1S/C21H25Cl2N3O3.HI/c1-27-18-5-3-14(22)11-16(18)21(7-9-29-10-8-21)13-25-20(24)26-15-4-6-19(28-2)17(23)12-15;/h3-6,11-12H,7-10,13H2,1-2H3,(H3,24,25,26);1H. The number of hydrogen-bond acceptors (Lipinski definition) is 4. The number of ether oxygens (including phenoxy) is 3. The topological polar surface area (TPSA) is 78.1 Å². The second kappa shape index (κ2) is 11.3. The molecule has 0 aromatic heterocycles. The maximum absolute atomic E-state index is 6.28. The highest BCUT2D eigenvalue weighted by atomic mass is 127. The summed E-state index contributed by atoms with van der Waals surface area (Å²) in [5, 5.41) is 4.24. The highest BCUT2D eigenvalue weighted by Crippen LogP contribution is 2.41. The van der Waals surface area contributed by atoms with Crippen molar-refractivity contribution in [2.24, 2.45) is 10.7 Å². The van der Waals surface area contributed by atoms with Crippen LogP contribution in [0, 0.1) is 0 Å². The molecule has 30 heavy (non-hydrogen) atoms. The van der Waals surface area contributed by atoms with E-state index in [-0.39, 0.29) is 29.4 Å². The molecule has 1 heterocycles. The number of guanidine groups is 1. The predicted molar refractivity (Wildman–Crippen MR) is 133 cm³/mol. The average Bonchev–Trinajstić information content (AvgIpc) is 2.73. The number of methoxy groups -OCH3 is 2. The van der Waals surface area contributed by atoms with Gasteiger partial charge in [0, 0.05) is 34.9 Å². The van der Waals surface area contributed by atoms with Crippen molar-refractivity contribution in [2.75, 3.05) is 39.3 Å². The minimum atomic E-state index is -0.266. The van der Waals surface area contributed by atoms with Crippen LogP contribution in [0.4, 0.5) is 5.69 Å². The van der Waals surface area contributed by atoms with Gasteiger partial charge in [-0.2, -0.15) is 0 Å². The first-order chi connectivity index (χ1) is 14.0. The fourth-order valence-corrected chi connectivity index (χ4v) is 3.97. The third-order valence-electron chi connectivity index (χ3n) is 5.16. The Balaban J connectivity index is 0.00000320. The van der Waals surface area contributed by atoms with Crippen LogP contribution in [0.2, 0.25) is 10.0 Å². The van der Waals surface area contributed by atoms with Crippen molar-refractivity contribution >= 4 is 58.8 Å². The normalized spacial score (nSPS) is 15.8. The van der Waals surface area contributed by atoms with Gasteiger partial charge in [-0.1, -0.05) is 23.2 Å². The zero-order valence-corrected chi connectivity index (χ0v) is 20.8. The van der Waals surface area contributed by atoms with Gasteiger partial charge in [0.1, 0.15) is 11.5 Å². The third-order valence-corrected chi connectivity index (χ3v) is 5.69. The molecule has 164 valence electrons. The van der Waals surface area contributed by atoms with E-state index in [2.05, 4.69) is 10.3 Å². The number of nitrogens with one attached hydrogen (secondary N) is 1. The van der Waals surface area contributed by atoms with Crippen molar-refractivity contribution in [3.05, 3.63) is 52.0 Å². The summed E-state index contributed by atoms with van der Waals surface area (Å²) in [7, 11) is 3.23. The molecule has 1 aliphatic rings. The number of aliphatic imine (C=N–C) groups is 1. The lowest BCUT2D eigenvalue weighted by Crippen LogP contribution is -2.38. The van der Waals surface area contributed by atoms with E-state index in [1.54, 1.807) is 26.4 Å². The van der Waals surface area contributed by atoms with Crippen molar-refractivity contribution in [1.29, 1.82) is 0 Å². The van der Waals surface area contributed by atoms with Crippen LogP contribution in [0.5, 0.6) is 11.5 Å². The van der Waals surface area contributed by atoms with Crippen LogP contribution < -0.4 is 20.5 Å². The first-order valence-corrected chi connectivity index (χ1v) is 10.1. The summed E-state index contributed by atoms with van der Waals surface area (Å²) in [6.45, 7) is 1.77. The van der Waals surface area contributed by atoms with Crippen molar-refractivity contribution in [2.45, 2.75) is 18.3 Å². The van der Waals surface area contributed by atoms with Crippen LogP contribution in [-0.2, 0) is 10.2 Å². The lowest BCUT2D eigenvalue weighted by molar-refractivity contribution is 0.0523. The number of nitrogens with two attached hydrogens (primary N) is 1. The highest BCUT2D eigenvalue weighted by Gasteiger charge is 2.37. The Morgan fingerprint density at radius 1 is 1.10 bits per heavy atom. The molecule has 1 aliphatic heterocycles. The molecule has 0 aliphatic carbocycles. The lowest BCUT2D eigenvalue weighted by atomic mass is 9.73. The van der Waals surface area contributed by atoms with Gasteiger partial charge < -0.3 is 25.3 Å². The van der Waals surface area contributed by atoms with Gasteiger partial charge in [0.05, 0.1) is 25.8 Å². The van der Waals surface area contributed by atoms with Gasteiger partial charge in [0.15, 0.2) is 5.96 Å². The van der Waals surface area contributed by atoms with Gasteiger partial charge in [0.2, 0.25) is 0 Å². The Bertz CT molecular complexity index is 890. The molecule has 0 amide bonds. The maximum Gasteiger partial charge on any atom is 0.193 e. The third kappa shape index (κ3) is 5.84. The summed E-state index contributed by atoms with van der Waals surface area (Å²) in [4.78, 5) is 4.62. The van der Waals surface area contributed by atoms with E-state index in [4.69, 9.17) is 43.1 Å². The molecule has 0 bridgehead atoms. The fourth-order valence-electron chi connectivity index (χ4n) is 3.54. The monoisotopic (exact) mass is 565 g/mol. The zero-order chi connectivity index (χ0) is 20.9. The molecule has 0 saturated carbocycles. The van der Waals surface area contributed by atoms with Crippen LogP contribution in [-0.4, -0.2) is 39.9 Å². The Morgan fingerprint density at radius 3 is 2.40 bits per heavy atom. The fraction of sp³-hybridized carbons (Fsp3) is 0.381. The summed E-state index contributed by atoms with van der Waals surface area (Å²) in [5.41, 5.74) is 7.65. The van der Waals surface area contributed by atoms with E-state index in [0.717, 1.165) is 29.8 Å². The van der Waals surface area contributed by atoms with Crippen molar-refractivity contribution in [1.82, 2.24) is 0 Å². The SMILES string of the molecule is COc1ccc(NC(N)=NCC2(c3cc(Cl)ccc3OC)CCOCC2)cc1Cl.I. The molecule has 0 radical (unpaired) electrons. The summed E-state index contributed by atoms with van der Waals surface area (Å²) < 4.78 is 16.4. The number of nitrogens with zero attached hydrogens (tertiary/aromatic N) is 1.